The highest BCUT2D eigenvalue weighted by molar-refractivity contribution is 9.10. The minimum Gasteiger partial charge on any atom is -0.304 e. The maximum atomic E-state index is 5.10. The molecule has 2 N–H and O–H groups in total. The van der Waals surface area contributed by atoms with Crippen LogP contribution in [0, 0.1) is 0 Å². The second kappa shape index (κ2) is 3.36. The van der Waals surface area contributed by atoms with E-state index in [1.165, 1.54) is 0 Å². The molecule has 0 aliphatic heterocycles. The molecule has 0 aromatic carbocycles. The van der Waals surface area contributed by atoms with Crippen molar-refractivity contribution >= 4 is 15.9 Å². The van der Waals surface area contributed by atoms with Gasteiger partial charge in [-0.05, 0) is 40.9 Å². The van der Waals surface area contributed by atoms with E-state index in [1.54, 1.807) is 6.20 Å². The van der Waals surface area contributed by atoms with Gasteiger partial charge in [0.1, 0.15) is 0 Å². The van der Waals surface area contributed by atoms with Gasteiger partial charge in [0.05, 0.1) is 12.3 Å². The fraction of sp³-hybridized carbons (Fsp3) is 0.444. The van der Waals surface area contributed by atoms with Gasteiger partial charge in [-0.3, -0.25) is 4.98 Å². The molecule has 0 radical (unpaired) electrons. The predicted molar refractivity (Wildman–Crippen MR) is 53.0 cm³/mol. The summed E-state index contributed by atoms with van der Waals surface area (Å²) in [5, 5.41) is 0. The highest BCUT2D eigenvalue weighted by Crippen LogP contribution is 2.49. The molecule has 13 heavy (non-hydrogen) atoms. The molecule has 0 saturated heterocycles. The van der Waals surface area contributed by atoms with Crippen LogP contribution in [0.2, 0.25) is 0 Å². The average molecular weight is 243 g/mol. The minimum absolute atomic E-state index is 0.0782. The van der Waals surface area contributed by atoms with E-state index in [1.807, 2.05) is 12.1 Å². The third-order valence-corrected chi connectivity index (χ3v) is 3.11. The zero-order valence-corrected chi connectivity index (χ0v) is 8.75. The first-order valence-corrected chi connectivity index (χ1v) is 5.00. The Labute approximate surface area is 85.4 Å². The number of rotatable bonds is 3. The quantitative estimate of drug-likeness (QED) is 0.823. The highest BCUT2D eigenvalue weighted by atomic mass is 79.9. The average Bonchev–Trinajstić information content (AvgIpc) is 2.87. The monoisotopic (exact) mass is 242 g/mol. The first-order chi connectivity index (χ1) is 6.28. The number of aromatic nitrogens is 1. The lowest BCUT2D eigenvalue weighted by molar-refractivity contribution is 0.115. The van der Waals surface area contributed by atoms with Crippen molar-refractivity contribution in [2.45, 2.75) is 18.3 Å². The van der Waals surface area contributed by atoms with Crippen molar-refractivity contribution in [1.82, 2.24) is 4.98 Å². The topological polar surface area (TPSA) is 48.1 Å². The van der Waals surface area contributed by atoms with E-state index in [2.05, 4.69) is 20.9 Å². The molecule has 1 aliphatic rings. The second-order valence-corrected chi connectivity index (χ2v) is 4.28. The summed E-state index contributed by atoms with van der Waals surface area (Å²) in [7, 11) is 0. The Bertz CT molecular complexity index is 312. The van der Waals surface area contributed by atoms with Crippen LogP contribution in [0.5, 0.6) is 0 Å². The van der Waals surface area contributed by atoms with Crippen LogP contribution >= 0.6 is 15.9 Å². The van der Waals surface area contributed by atoms with Crippen LogP contribution in [0.15, 0.2) is 22.8 Å². The van der Waals surface area contributed by atoms with Gasteiger partial charge in [0.15, 0.2) is 0 Å². The summed E-state index contributed by atoms with van der Waals surface area (Å²) in [5.41, 5.74) is 1.15. The molecule has 0 bridgehead atoms. The Morgan fingerprint density at radius 1 is 1.62 bits per heavy atom. The molecule has 0 amide bonds. The highest BCUT2D eigenvalue weighted by Gasteiger charge is 2.47. The molecule has 1 aromatic heterocycles. The van der Waals surface area contributed by atoms with E-state index in [0.717, 1.165) is 23.0 Å². The van der Waals surface area contributed by atoms with Gasteiger partial charge in [0.25, 0.3) is 0 Å². The molecule has 0 unspecified atom stereocenters. The largest absolute Gasteiger partial charge is 0.304 e. The molecule has 1 aliphatic carbocycles. The van der Waals surface area contributed by atoms with E-state index in [-0.39, 0.29) is 5.41 Å². The molecule has 1 fully saturated rings. The number of hydrogen-bond donors (Lipinski definition) is 1. The van der Waals surface area contributed by atoms with Crippen molar-refractivity contribution in [3.05, 3.63) is 28.5 Å². The van der Waals surface area contributed by atoms with Crippen molar-refractivity contribution in [2.75, 3.05) is 6.61 Å². The molecule has 1 heterocycles. The van der Waals surface area contributed by atoms with Crippen molar-refractivity contribution in [2.24, 2.45) is 5.90 Å². The molecule has 1 aromatic rings. The van der Waals surface area contributed by atoms with E-state index in [9.17, 15) is 0 Å². The lowest BCUT2D eigenvalue weighted by Gasteiger charge is -2.13. The van der Waals surface area contributed by atoms with Gasteiger partial charge < -0.3 is 4.84 Å². The number of halogens is 1. The minimum atomic E-state index is 0.0782. The number of pyridine rings is 1. The Kier molecular flexibility index (Phi) is 2.36. The van der Waals surface area contributed by atoms with Crippen LogP contribution in [0.1, 0.15) is 18.5 Å². The fourth-order valence-electron chi connectivity index (χ4n) is 1.54. The Balaban J connectivity index is 2.30. The molecule has 3 nitrogen and oxygen atoms in total. The van der Waals surface area contributed by atoms with Crippen molar-refractivity contribution in [3.63, 3.8) is 0 Å². The van der Waals surface area contributed by atoms with Gasteiger partial charge in [-0.2, -0.15) is 0 Å². The Morgan fingerprint density at radius 3 is 2.92 bits per heavy atom. The van der Waals surface area contributed by atoms with Crippen molar-refractivity contribution in [1.29, 1.82) is 0 Å². The van der Waals surface area contributed by atoms with Crippen LogP contribution in [-0.2, 0) is 10.3 Å². The molecular formula is C9H11BrN2O. The van der Waals surface area contributed by atoms with E-state index in [4.69, 9.17) is 10.7 Å². The molecule has 2 rings (SSSR count). The Hall–Kier alpha value is -0.450. The number of nitrogens with two attached hydrogens (primary N) is 1. The van der Waals surface area contributed by atoms with Crippen LogP contribution in [0.25, 0.3) is 0 Å². The molecule has 0 spiro atoms. The van der Waals surface area contributed by atoms with Gasteiger partial charge in [-0.25, -0.2) is 5.90 Å². The summed E-state index contributed by atoms with van der Waals surface area (Å²) < 4.78 is 1.05. The summed E-state index contributed by atoms with van der Waals surface area (Å²) in [6.07, 6.45) is 4.02. The molecular weight excluding hydrogens is 232 g/mol. The van der Waals surface area contributed by atoms with Gasteiger partial charge in [0.2, 0.25) is 0 Å². The summed E-state index contributed by atoms with van der Waals surface area (Å²) in [6.45, 7) is 0.558. The van der Waals surface area contributed by atoms with Crippen LogP contribution in [-0.4, -0.2) is 11.6 Å². The lowest BCUT2D eigenvalue weighted by atomic mass is 10.0. The Morgan fingerprint density at radius 2 is 2.38 bits per heavy atom. The maximum absolute atomic E-state index is 5.10. The summed E-state index contributed by atoms with van der Waals surface area (Å²) in [4.78, 5) is 9.07. The third-order valence-electron chi connectivity index (χ3n) is 2.47. The summed E-state index contributed by atoms with van der Waals surface area (Å²) >= 11 is 3.48. The smallest absolute Gasteiger partial charge is 0.0791 e. The SMILES string of the molecule is NOCC1(c2ncccc2Br)CC1. The fourth-order valence-corrected chi connectivity index (χ4v) is 2.21. The summed E-state index contributed by atoms with van der Waals surface area (Å²) in [5.74, 6) is 5.10. The number of nitrogens with zero attached hydrogens (tertiary/aromatic N) is 1. The zero-order chi connectivity index (χ0) is 9.31. The molecule has 0 atom stereocenters. The van der Waals surface area contributed by atoms with Crippen LogP contribution in [0.3, 0.4) is 0 Å². The number of hydrogen-bond acceptors (Lipinski definition) is 3. The normalized spacial score (nSPS) is 18.6. The van der Waals surface area contributed by atoms with Gasteiger partial charge in [-0.15, -0.1) is 0 Å². The van der Waals surface area contributed by atoms with E-state index >= 15 is 0 Å². The van der Waals surface area contributed by atoms with Crippen molar-refractivity contribution in [3.8, 4) is 0 Å². The maximum Gasteiger partial charge on any atom is 0.0791 e. The summed E-state index contributed by atoms with van der Waals surface area (Å²) in [6, 6.07) is 3.91. The van der Waals surface area contributed by atoms with Crippen molar-refractivity contribution < 1.29 is 4.84 Å². The zero-order valence-electron chi connectivity index (χ0n) is 7.16. The van der Waals surface area contributed by atoms with Crippen LogP contribution in [0.4, 0.5) is 0 Å². The standard InChI is InChI=1S/C9H11BrN2O/c10-7-2-1-5-12-8(7)9(3-4-9)6-13-11/h1-2,5H,3-4,6,11H2. The second-order valence-electron chi connectivity index (χ2n) is 3.43. The van der Waals surface area contributed by atoms with E-state index in [0.29, 0.717) is 6.61 Å². The lowest BCUT2D eigenvalue weighted by Crippen LogP contribution is -2.19. The molecule has 4 heteroatoms. The first kappa shape index (κ1) is 9.12. The first-order valence-electron chi connectivity index (χ1n) is 4.21. The molecule has 70 valence electrons. The third kappa shape index (κ3) is 1.61. The molecule has 1 saturated carbocycles. The van der Waals surface area contributed by atoms with Gasteiger partial charge >= 0.3 is 0 Å². The van der Waals surface area contributed by atoms with E-state index < -0.39 is 0 Å². The predicted octanol–water partition coefficient (Wildman–Crippen LogP) is 1.77. The van der Waals surface area contributed by atoms with Crippen LogP contribution < -0.4 is 5.90 Å². The van der Waals surface area contributed by atoms with Gasteiger partial charge in [-0.1, -0.05) is 0 Å². The van der Waals surface area contributed by atoms with Gasteiger partial charge in [0, 0.05) is 16.1 Å².